The van der Waals surface area contributed by atoms with Gasteiger partial charge < -0.3 is 5.73 Å². The minimum Gasteiger partial charge on any atom is -0.328 e. The van der Waals surface area contributed by atoms with Crippen LogP contribution in [0.2, 0.25) is 0 Å². The van der Waals surface area contributed by atoms with Gasteiger partial charge in [-0.3, -0.25) is 0 Å². The normalized spacial score (nSPS) is 23.1. The molecule has 1 aromatic carbocycles. The Kier molecular flexibility index (Phi) is 3.66. The molecule has 2 rings (SSSR count). The van der Waals surface area contributed by atoms with Crippen LogP contribution >= 0.6 is 0 Å². The van der Waals surface area contributed by atoms with Gasteiger partial charge in [-0.05, 0) is 30.5 Å². The summed E-state index contributed by atoms with van der Waals surface area (Å²) in [5.74, 6) is -0.103. The predicted octanol–water partition coefficient (Wildman–Crippen LogP) is 0.467. The summed E-state index contributed by atoms with van der Waals surface area (Å²) in [5, 5.41) is 8.75. The summed E-state index contributed by atoms with van der Waals surface area (Å²) in [4.78, 5) is 0. The summed E-state index contributed by atoms with van der Waals surface area (Å²) < 4.78 is 26.4. The van der Waals surface area contributed by atoms with Gasteiger partial charge in [-0.25, -0.2) is 13.1 Å². The van der Waals surface area contributed by atoms with Gasteiger partial charge in [0.25, 0.3) is 0 Å². The molecule has 3 N–H and O–H groups in total. The van der Waals surface area contributed by atoms with Crippen molar-refractivity contribution in [3.63, 3.8) is 0 Å². The predicted molar refractivity (Wildman–Crippen MR) is 67.9 cm³/mol. The molecular weight excluding hydrogens is 250 g/mol. The second-order valence-electron chi connectivity index (χ2n) is 4.62. The molecule has 1 aromatic rings. The SMILES string of the molecule is N#Cc1cccc(CS(=O)(=O)NC2CC(N)C2)c1. The number of nitrogens with two attached hydrogens (primary N) is 1. The third-order valence-electron chi connectivity index (χ3n) is 2.93. The van der Waals surface area contributed by atoms with E-state index < -0.39 is 10.0 Å². The average molecular weight is 265 g/mol. The standard InChI is InChI=1S/C12H15N3O2S/c13-7-9-2-1-3-10(4-9)8-18(16,17)15-12-5-11(14)6-12/h1-4,11-12,15H,5-6,8,14H2. The van der Waals surface area contributed by atoms with Gasteiger partial charge in [0.1, 0.15) is 0 Å². The summed E-state index contributed by atoms with van der Waals surface area (Å²) in [6, 6.07) is 8.68. The van der Waals surface area contributed by atoms with E-state index in [4.69, 9.17) is 11.0 Å². The summed E-state index contributed by atoms with van der Waals surface area (Å²) in [7, 11) is -3.36. The molecule has 0 radical (unpaired) electrons. The molecule has 1 saturated carbocycles. The number of nitriles is 1. The molecular formula is C12H15N3O2S. The first-order valence-corrected chi connectivity index (χ1v) is 7.38. The molecule has 0 unspecified atom stereocenters. The van der Waals surface area contributed by atoms with Crippen molar-refractivity contribution in [2.24, 2.45) is 5.73 Å². The monoisotopic (exact) mass is 265 g/mol. The zero-order chi connectivity index (χ0) is 13.2. The quantitative estimate of drug-likeness (QED) is 0.827. The van der Waals surface area contributed by atoms with E-state index in [2.05, 4.69) is 4.72 Å². The summed E-state index contributed by atoms with van der Waals surface area (Å²) >= 11 is 0. The fourth-order valence-electron chi connectivity index (χ4n) is 2.00. The molecule has 96 valence electrons. The van der Waals surface area contributed by atoms with Crippen LogP contribution in [0.25, 0.3) is 0 Å². The third kappa shape index (κ3) is 3.29. The molecule has 6 heteroatoms. The molecule has 0 atom stereocenters. The summed E-state index contributed by atoms with van der Waals surface area (Å²) in [5.41, 5.74) is 6.69. The van der Waals surface area contributed by atoms with Crippen LogP contribution in [0.4, 0.5) is 0 Å². The van der Waals surface area contributed by atoms with Gasteiger partial charge in [0.05, 0.1) is 17.4 Å². The number of nitrogens with zero attached hydrogens (tertiary/aromatic N) is 1. The zero-order valence-corrected chi connectivity index (χ0v) is 10.7. The zero-order valence-electron chi connectivity index (χ0n) is 9.83. The van der Waals surface area contributed by atoms with Gasteiger partial charge in [0, 0.05) is 12.1 Å². The molecule has 0 spiro atoms. The fourth-order valence-corrected chi connectivity index (χ4v) is 3.41. The molecule has 0 bridgehead atoms. The number of rotatable bonds is 4. The van der Waals surface area contributed by atoms with Crippen LogP contribution in [0.1, 0.15) is 24.0 Å². The maximum absolute atomic E-state index is 11.9. The first-order valence-electron chi connectivity index (χ1n) is 5.73. The van der Waals surface area contributed by atoms with E-state index in [0.29, 0.717) is 24.0 Å². The Bertz CT molecular complexity index is 571. The molecule has 18 heavy (non-hydrogen) atoms. The van der Waals surface area contributed by atoms with Crippen LogP contribution in [0.3, 0.4) is 0 Å². The maximum Gasteiger partial charge on any atom is 0.216 e. The molecule has 1 fully saturated rings. The molecule has 1 aliphatic rings. The van der Waals surface area contributed by atoms with E-state index >= 15 is 0 Å². The van der Waals surface area contributed by atoms with Crippen molar-refractivity contribution in [1.29, 1.82) is 5.26 Å². The molecule has 0 saturated heterocycles. The number of hydrogen-bond acceptors (Lipinski definition) is 4. The van der Waals surface area contributed by atoms with Crippen molar-refractivity contribution in [3.05, 3.63) is 35.4 Å². The molecule has 0 aliphatic heterocycles. The lowest BCUT2D eigenvalue weighted by Gasteiger charge is -2.32. The Hall–Kier alpha value is -1.42. The van der Waals surface area contributed by atoms with Gasteiger partial charge >= 0.3 is 0 Å². The number of nitrogens with one attached hydrogen (secondary N) is 1. The van der Waals surface area contributed by atoms with Gasteiger partial charge in [0.15, 0.2) is 0 Å². The topological polar surface area (TPSA) is 96.0 Å². The van der Waals surface area contributed by atoms with Gasteiger partial charge in [-0.15, -0.1) is 0 Å². The summed E-state index contributed by atoms with van der Waals surface area (Å²) in [6.07, 6.45) is 1.38. The van der Waals surface area contributed by atoms with Crippen LogP contribution in [-0.4, -0.2) is 20.5 Å². The van der Waals surface area contributed by atoms with E-state index in [-0.39, 0.29) is 17.8 Å². The number of benzene rings is 1. The third-order valence-corrected chi connectivity index (χ3v) is 4.34. The van der Waals surface area contributed by atoms with Gasteiger partial charge in [-0.2, -0.15) is 5.26 Å². The minimum absolute atomic E-state index is 0.0378. The van der Waals surface area contributed by atoms with Crippen molar-refractivity contribution >= 4 is 10.0 Å². The van der Waals surface area contributed by atoms with E-state index in [9.17, 15) is 8.42 Å². The first-order chi connectivity index (χ1) is 8.48. The van der Waals surface area contributed by atoms with Crippen LogP contribution < -0.4 is 10.5 Å². The van der Waals surface area contributed by atoms with Crippen molar-refractivity contribution < 1.29 is 8.42 Å². The maximum atomic E-state index is 11.9. The first kappa shape index (κ1) is 13.0. The largest absolute Gasteiger partial charge is 0.328 e. The number of sulfonamides is 1. The molecule has 0 heterocycles. The highest BCUT2D eigenvalue weighted by atomic mass is 32.2. The van der Waals surface area contributed by atoms with Crippen LogP contribution in [0.5, 0.6) is 0 Å². The Morgan fingerprint density at radius 1 is 1.44 bits per heavy atom. The second kappa shape index (κ2) is 5.06. The summed E-state index contributed by atoms with van der Waals surface area (Å²) in [6.45, 7) is 0. The van der Waals surface area contributed by atoms with Crippen LogP contribution in [0, 0.1) is 11.3 Å². The van der Waals surface area contributed by atoms with Crippen molar-refractivity contribution in [3.8, 4) is 6.07 Å². The molecule has 0 aromatic heterocycles. The molecule has 5 nitrogen and oxygen atoms in total. The number of hydrogen-bond donors (Lipinski definition) is 2. The van der Waals surface area contributed by atoms with E-state index in [0.717, 1.165) is 0 Å². The van der Waals surface area contributed by atoms with E-state index in [1.165, 1.54) is 0 Å². The van der Waals surface area contributed by atoms with E-state index in [1.54, 1.807) is 24.3 Å². The van der Waals surface area contributed by atoms with Crippen LogP contribution in [0.15, 0.2) is 24.3 Å². The Balaban J connectivity index is 2.01. The van der Waals surface area contributed by atoms with E-state index in [1.807, 2.05) is 6.07 Å². The second-order valence-corrected chi connectivity index (χ2v) is 6.37. The minimum atomic E-state index is -3.36. The molecule has 1 aliphatic carbocycles. The Morgan fingerprint density at radius 3 is 2.78 bits per heavy atom. The molecule has 0 amide bonds. The van der Waals surface area contributed by atoms with Gasteiger partial charge in [-0.1, -0.05) is 12.1 Å². The highest BCUT2D eigenvalue weighted by Gasteiger charge is 2.29. The van der Waals surface area contributed by atoms with Crippen molar-refractivity contribution in [2.45, 2.75) is 30.7 Å². The van der Waals surface area contributed by atoms with Crippen molar-refractivity contribution in [1.82, 2.24) is 4.72 Å². The average Bonchev–Trinajstić information content (AvgIpc) is 2.26. The lowest BCUT2D eigenvalue weighted by atomic mass is 9.89. The van der Waals surface area contributed by atoms with Gasteiger partial charge in [0.2, 0.25) is 10.0 Å². The van der Waals surface area contributed by atoms with Crippen LogP contribution in [-0.2, 0) is 15.8 Å². The highest BCUT2D eigenvalue weighted by Crippen LogP contribution is 2.19. The Labute approximate surface area is 107 Å². The fraction of sp³-hybridized carbons (Fsp3) is 0.417. The highest BCUT2D eigenvalue weighted by molar-refractivity contribution is 7.88. The smallest absolute Gasteiger partial charge is 0.216 e. The lowest BCUT2D eigenvalue weighted by molar-refractivity contribution is 0.327. The lowest BCUT2D eigenvalue weighted by Crippen LogP contribution is -2.50. The Morgan fingerprint density at radius 2 is 2.17 bits per heavy atom. The van der Waals surface area contributed by atoms with Crippen molar-refractivity contribution in [2.75, 3.05) is 0 Å².